The van der Waals surface area contributed by atoms with Crippen molar-refractivity contribution in [3.05, 3.63) is 5.15 Å². The molecule has 0 bridgehead atoms. The van der Waals surface area contributed by atoms with Crippen molar-refractivity contribution in [2.45, 2.75) is 18.9 Å². The minimum absolute atomic E-state index is 0.476. The van der Waals surface area contributed by atoms with Crippen LogP contribution < -0.4 is 5.32 Å². The lowest BCUT2D eigenvalue weighted by molar-refractivity contribution is 0.337. The van der Waals surface area contributed by atoms with Crippen LogP contribution in [-0.4, -0.2) is 39.8 Å². The molecule has 1 aromatic rings. The van der Waals surface area contributed by atoms with Gasteiger partial charge in [-0.05, 0) is 19.9 Å². The Morgan fingerprint density at radius 3 is 2.93 bits per heavy atom. The van der Waals surface area contributed by atoms with Crippen LogP contribution in [0.25, 0.3) is 0 Å². The highest BCUT2D eigenvalue weighted by Gasteiger charge is 2.25. The molecule has 0 saturated heterocycles. The Morgan fingerprint density at radius 2 is 2.36 bits per heavy atom. The van der Waals surface area contributed by atoms with Crippen LogP contribution in [0.5, 0.6) is 0 Å². The summed E-state index contributed by atoms with van der Waals surface area (Å²) in [5, 5.41) is 3.65. The van der Waals surface area contributed by atoms with Gasteiger partial charge in [0.1, 0.15) is 0 Å². The molecule has 4 nitrogen and oxygen atoms in total. The fraction of sp³-hybridized carbons (Fsp3) is 0.750. The van der Waals surface area contributed by atoms with Crippen molar-refractivity contribution in [2.24, 2.45) is 0 Å². The zero-order valence-corrected chi connectivity index (χ0v) is 9.61. The van der Waals surface area contributed by atoms with Crippen LogP contribution in [0.1, 0.15) is 12.8 Å². The third kappa shape index (κ3) is 2.56. The lowest BCUT2D eigenvalue weighted by atomic mass is 10.5. The zero-order valence-electron chi connectivity index (χ0n) is 8.03. The molecular formula is C8H13ClN4S. The molecular weight excluding hydrogens is 220 g/mol. The van der Waals surface area contributed by atoms with Crippen molar-refractivity contribution in [1.82, 2.24) is 13.6 Å². The van der Waals surface area contributed by atoms with Gasteiger partial charge in [0.05, 0.1) is 11.7 Å². The van der Waals surface area contributed by atoms with E-state index in [-0.39, 0.29) is 0 Å². The van der Waals surface area contributed by atoms with Crippen molar-refractivity contribution in [1.29, 1.82) is 0 Å². The molecule has 1 aromatic heterocycles. The maximum atomic E-state index is 5.79. The number of rotatable bonds is 5. The van der Waals surface area contributed by atoms with Gasteiger partial charge in [-0.3, -0.25) is 0 Å². The third-order valence-electron chi connectivity index (χ3n) is 2.38. The molecule has 1 aliphatic carbocycles. The van der Waals surface area contributed by atoms with E-state index in [2.05, 4.69) is 26.0 Å². The second-order valence-electron chi connectivity index (χ2n) is 3.54. The van der Waals surface area contributed by atoms with Gasteiger partial charge >= 0.3 is 0 Å². The molecule has 1 saturated carbocycles. The number of hydrogen-bond acceptors (Lipinski definition) is 5. The fourth-order valence-corrected chi connectivity index (χ4v) is 2.02. The van der Waals surface area contributed by atoms with Gasteiger partial charge < -0.3 is 10.2 Å². The van der Waals surface area contributed by atoms with Crippen LogP contribution in [0.4, 0.5) is 5.82 Å². The van der Waals surface area contributed by atoms with Crippen LogP contribution in [-0.2, 0) is 0 Å². The third-order valence-corrected chi connectivity index (χ3v) is 3.27. The molecule has 1 fully saturated rings. The molecule has 1 heterocycles. The first-order valence-corrected chi connectivity index (χ1v) is 5.80. The fourth-order valence-electron chi connectivity index (χ4n) is 1.33. The Morgan fingerprint density at radius 1 is 1.57 bits per heavy atom. The Kier molecular flexibility index (Phi) is 3.20. The second kappa shape index (κ2) is 4.42. The quantitative estimate of drug-likeness (QED) is 0.839. The normalized spacial score (nSPS) is 16.2. The first-order chi connectivity index (χ1) is 6.77. The van der Waals surface area contributed by atoms with Crippen LogP contribution >= 0.6 is 23.3 Å². The van der Waals surface area contributed by atoms with Crippen LogP contribution in [0, 0.1) is 0 Å². The Hall–Kier alpha value is -0.390. The summed E-state index contributed by atoms with van der Waals surface area (Å²) in [6.45, 7) is 1.90. The number of hydrogen-bond donors (Lipinski definition) is 1. The Labute approximate surface area is 92.6 Å². The van der Waals surface area contributed by atoms with Crippen LogP contribution in [0.15, 0.2) is 0 Å². The van der Waals surface area contributed by atoms with E-state index in [4.69, 9.17) is 11.6 Å². The molecule has 1 N–H and O–H groups in total. The Bertz CT molecular complexity index is 299. The highest BCUT2D eigenvalue weighted by molar-refractivity contribution is 6.99. The van der Waals surface area contributed by atoms with E-state index >= 15 is 0 Å². The smallest absolute Gasteiger partial charge is 0.186 e. The summed E-state index contributed by atoms with van der Waals surface area (Å²) in [5.74, 6) is 0.709. The molecule has 1 aliphatic rings. The number of nitrogens with one attached hydrogen (secondary N) is 1. The molecule has 2 rings (SSSR count). The number of nitrogens with zero attached hydrogens (tertiary/aromatic N) is 3. The van der Waals surface area contributed by atoms with Gasteiger partial charge in [0, 0.05) is 19.1 Å². The lowest BCUT2D eigenvalue weighted by Gasteiger charge is -2.15. The Balaban J connectivity index is 1.69. The van der Waals surface area contributed by atoms with Crippen LogP contribution in [0.2, 0.25) is 5.15 Å². The maximum absolute atomic E-state index is 5.79. The number of halogens is 1. The average Bonchev–Trinajstić information content (AvgIpc) is 2.93. The van der Waals surface area contributed by atoms with Crippen molar-refractivity contribution < 1.29 is 0 Å². The van der Waals surface area contributed by atoms with Gasteiger partial charge in [-0.15, -0.1) is 0 Å². The van der Waals surface area contributed by atoms with Gasteiger partial charge in [0.2, 0.25) is 0 Å². The van der Waals surface area contributed by atoms with E-state index in [0.29, 0.717) is 11.0 Å². The summed E-state index contributed by atoms with van der Waals surface area (Å²) in [4.78, 5) is 2.36. The second-order valence-corrected chi connectivity index (χ2v) is 4.43. The lowest BCUT2D eigenvalue weighted by Crippen LogP contribution is -2.27. The molecule has 0 spiro atoms. The predicted octanol–water partition coefficient (Wildman–Crippen LogP) is 1.70. The molecule has 78 valence electrons. The molecule has 0 amide bonds. The van der Waals surface area contributed by atoms with E-state index in [9.17, 15) is 0 Å². The predicted molar refractivity (Wildman–Crippen MR) is 59.1 cm³/mol. The van der Waals surface area contributed by atoms with Gasteiger partial charge in [0.15, 0.2) is 11.0 Å². The summed E-state index contributed by atoms with van der Waals surface area (Å²) in [6.07, 6.45) is 2.69. The SMILES string of the molecule is CN(CCNc1nsnc1Cl)C1CC1. The van der Waals surface area contributed by atoms with E-state index in [1.54, 1.807) is 0 Å². The minimum atomic E-state index is 0.476. The summed E-state index contributed by atoms with van der Waals surface area (Å²) >= 11 is 6.93. The van der Waals surface area contributed by atoms with Crippen LogP contribution in [0.3, 0.4) is 0 Å². The highest BCUT2D eigenvalue weighted by Crippen LogP contribution is 2.25. The van der Waals surface area contributed by atoms with Gasteiger partial charge in [-0.25, -0.2) is 0 Å². The molecule has 0 unspecified atom stereocenters. The number of likely N-dealkylation sites (N-methyl/N-ethyl adjacent to an activating group) is 1. The topological polar surface area (TPSA) is 41.0 Å². The molecule has 0 aromatic carbocycles. The summed E-state index contributed by atoms with van der Waals surface area (Å²) < 4.78 is 7.92. The zero-order chi connectivity index (χ0) is 9.97. The molecule has 0 radical (unpaired) electrons. The molecule has 6 heteroatoms. The standard InChI is InChI=1S/C8H13ClN4S/c1-13(6-2-3-6)5-4-10-8-7(9)11-14-12-8/h6H,2-5H2,1H3,(H,10,12). The summed E-state index contributed by atoms with van der Waals surface area (Å²) in [7, 11) is 2.15. The monoisotopic (exact) mass is 232 g/mol. The minimum Gasteiger partial charge on any atom is -0.365 e. The van der Waals surface area contributed by atoms with E-state index in [1.807, 2.05) is 0 Å². The van der Waals surface area contributed by atoms with E-state index in [1.165, 1.54) is 12.8 Å². The molecule has 14 heavy (non-hydrogen) atoms. The summed E-state index contributed by atoms with van der Waals surface area (Å²) in [6, 6.07) is 0.806. The van der Waals surface area contributed by atoms with Gasteiger partial charge in [0.25, 0.3) is 0 Å². The first-order valence-electron chi connectivity index (χ1n) is 4.69. The first kappa shape index (κ1) is 10.1. The van der Waals surface area contributed by atoms with Gasteiger partial charge in [-0.1, -0.05) is 11.6 Å². The maximum Gasteiger partial charge on any atom is 0.186 e. The molecule has 0 aliphatic heterocycles. The number of anilines is 1. The van der Waals surface area contributed by atoms with Crippen molar-refractivity contribution >= 4 is 29.1 Å². The van der Waals surface area contributed by atoms with Crippen molar-refractivity contribution in [3.8, 4) is 0 Å². The van der Waals surface area contributed by atoms with Crippen molar-refractivity contribution in [2.75, 3.05) is 25.5 Å². The van der Waals surface area contributed by atoms with E-state index in [0.717, 1.165) is 30.9 Å². The van der Waals surface area contributed by atoms with E-state index < -0.39 is 0 Å². The summed E-state index contributed by atoms with van der Waals surface area (Å²) in [5.41, 5.74) is 0. The number of aromatic nitrogens is 2. The molecule has 0 atom stereocenters. The average molecular weight is 233 g/mol. The van der Waals surface area contributed by atoms with Gasteiger partial charge in [-0.2, -0.15) is 8.75 Å². The van der Waals surface area contributed by atoms with Crippen molar-refractivity contribution in [3.63, 3.8) is 0 Å². The largest absolute Gasteiger partial charge is 0.365 e. The highest BCUT2D eigenvalue weighted by atomic mass is 35.5.